The van der Waals surface area contributed by atoms with E-state index in [0.29, 0.717) is 21.9 Å². The molecule has 3 rings (SSSR count). The molecule has 0 saturated heterocycles. The summed E-state index contributed by atoms with van der Waals surface area (Å²) in [6.45, 7) is 1.95. The van der Waals surface area contributed by atoms with Crippen molar-refractivity contribution in [1.29, 1.82) is 0 Å². The van der Waals surface area contributed by atoms with Gasteiger partial charge in [-0.15, -0.1) is 0 Å². The zero-order chi connectivity index (χ0) is 20.9. The summed E-state index contributed by atoms with van der Waals surface area (Å²) >= 11 is 6.20. The van der Waals surface area contributed by atoms with Gasteiger partial charge in [0, 0.05) is 6.54 Å². The second-order valence-corrected chi connectivity index (χ2v) is 8.56. The highest BCUT2D eigenvalue weighted by Gasteiger charge is 2.20. The van der Waals surface area contributed by atoms with Crippen molar-refractivity contribution in [2.45, 2.75) is 20.0 Å². The van der Waals surface area contributed by atoms with E-state index in [2.05, 4.69) is 0 Å². The molecule has 0 aliphatic heterocycles. The van der Waals surface area contributed by atoms with Gasteiger partial charge >= 0.3 is 10.1 Å². The molecule has 6 nitrogen and oxygen atoms in total. The van der Waals surface area contributed by atoms with Crippen molar-refractivity contribution < 1.29 is 21.8 Å². The van der Waals surface area contributed by atoms with Gasteiger partial charge in [0.05, 0.1) is 29.1 Å². The van der Waals surface area contributed by atoms with Crippen LogP contribution in [0.15, 0.2) is 71.3 Å². The van der Waals surface area contributed by atoms with E-state index in [1.165, 1.54) is 13.2 Å². The lowest BCUT2D eigenvalue weighted by Gasteiger charge is -2.23. The van der Waals surface area contributed by atoms with E-state index in [-0.39, 0.29) is 30.5 Å². The molecule has 0 fully saturated rings. The van der Waals surface area contributed by atoms with Crippen molar-refractivity contribution in [3.8, 4) is 5.75 Å². The molecule has 0 atom stereocenters. The quantitative estimate of drug-likeness (QED) is 0.488. The van der Waals surface area contributed by atoms with Crippen LogP contribution in [-0.4, -0.2) is 25.0 Å². The fourth-order valence-electron chi connectivity index (χ4n) is 2.72. The van der Waals surface area contributed by atoms with Crippen LogP contribution in [-0.2, 0) is 23.2 Å². The Kier molecular flexibility index (Phi) is 6.61. The minimum Gasteiger partial charge on any atom is -0.467 e. The van der Waals surface area contributed by atoms with Gasteiger partial charge in [-0.3, -0.25) is 4.79 Å². The second kappa shape index (κ2) is 9.15. The first-order chi connectivity index (χ1) is 13.9. The third kappa shape index (κ3) is 5.62. The summed E-state index contributed by atoms with van der Waals surface area (Å²) in [6, 6.07) is 17.0. The molecule has 0 saturated carbocycles. The Bertz CT molecular complexity index is 1080. The van der Waals surface area contributed by atoms with E-state index < -0.39 is 10.1 Å². The topological polar surface area (TPSA) is 76.8 Å². The number of hydrogen-bond donors (Lipinski definition) is 0. The molecular weight excluding hydrogens is 414 g/mol. The van der Waals surface area contributed by atoms with Crippen LogP contribution in [0.25, 0.3) is 0 Å². The summed E-state index contributed by atoms with van der Waals surface area (Å²) in [6.07, 6.45) is 1.54. The molecule has 152 valence electrons. The fraction of sp³-hybridized carbons (Fsp3) is 0.190. The highest BCUT2D eigenvalue weighted by atomic mass is 35.5. The predicted octanol–water partition coefficient (Wildman–Crippen LogP) is 4.50. The number of halogens is 1. The molecule has 1 amide bonds. The molecule has 0 unspecified atom stereocenters. The Hall–Kier alpha value is -2.77. The molecular formula is C21H20ClNO5S. The molecule has 2 aromatic carbocycles. The van der Waals surface area contributed by atoms with Crippen molar-refractivity contribution >= 4 is 27.6 Å². The summed E-state index contributed by atoms with van der Waals surface area (Å²) in [5.74, 6) is 0.422. The maximum absolute atomic E-state index is 13.1. The first kappa shape index (κ1) is 21.0. The number of hydrogen-bond acceptors (Lipinski definition) is 5. The maximum atomic E-state index is 13.1. The molecule has 0 aliphatic rings. The van der Waals surface area contributed by atoms with Gasteiger partial charge in [0.2, 0.25) is 0 Å². The van der Waals surface area contributed by atoms with E-state index in [1.54, 1.807) is 65.6 Å². The number of rotatable bonds is 8. The minimum absolute atomic E-state index is 0.132. The van der Waals surface area contributed by atoms with Crippen molar-refractivity contribution in [1.82, 2.24) is 4.90 Å². The van der Waals surface area contributed by atoms with Crippen molar-refractivity contribution in [3.63, 3.8) is 0 Å². The van der Waals surface area contributed by atoms with Crippen LogP contribution >= 0.6 is 11.6 Å². The van der Waals surface area contributed by atoms with Crippen LogP contribution in [0.4, 0.5) is 0 Å². The summed E-state index contributed by atoms with van der Waals surface area (Å²) in [4.78, 5) is 14.7. The van der Waals surface area contributed by atoms with Crippen molar-refractivity contribution in [2.24, 2.45) is 0 Å². The number of carbonyl (C=O) groups excluding carboxylic acids is 1. The normalized spacial score (nSPS) is 11.2. The largest absolute Gasteiger partial charge is 0.467 e. The number of carbonyl (C=O) groups is 1. The van der Waals surface area contributed by atoms with Gasteiger partial charge in [-0.1, -0.05) is 35.9 Å². The van der Waals surface area contributed by atoms with Crippen molar-refractivity contribution in [3.05, 3.63) is 88.8 Å². The summed E-state index contributed by atoms with van der Waals surface area (Å²) in [7, 11) is -3.64. The first-order valence-electron chi connectivity index (χ1n) is 8.95. The zero-order valence-electron chi connectivity index (χ0n) is 15.7. The van der Waals surface area contributed by atoms with E-state index in [4.69, 9.17) is 20.2 Å². The summed E-state index contributed by atoms with van der Waals surface area (Å²) < 4.78 is 33.9. The zero-order valence-corrected chi connectivity index (χ0v) is 17.3. The number of amides is 1. The Morgan fingerprint density at radius 3 is 2.55 bits per heavy atom. The lowest BCUT2D eigenvalue weighted by atomic mass is 10.1. The number of nitrogens with zero attached hydrogens (tertiary/aromatic N) is 1. The van der Waals surface area contributed by atoms with E-state index in [9.17, 15) is 13.2 Å². The van der Waals surface area contributed by atoms with Crippen LogP contribution in [0.5, 0.6) is 5.75 Å². The van der Waals surface area contributed by atoms with Gasteiger partial charge < -0.3 is 13.5 Å². The van der Waals surface area contributed by atoms with Gasteiger partial charge in [-0.25, -0.2) is 0 Å². The van der Waals surface area contributed by atoms with Crippen LogP contribution in [0.2, 0.25) is 5.02 Å². The summed E-state index contributed by atoms with van der Waals surface area (Å²) in [5.41, 5.74) is 1.09. The predicted molar refractivity (Wildman–Crippen MR) is 110 cm³/mol. The van der Waals surface area contributed by atoms with E-state index in [1.807, 2.05) is 0 Å². The molecule has 0 radical (unpaired) electrons. The monoisotopic (exact) mass is 433 g/mol. The van der Waals surface area contributed by atoms with Crippen LogP contribution in [0, 0.1) is 0 Å². The number of furan rings is 1. The third-order valence-corrected chi connectivity index (χ3v) is 5.65. The SMILES string of the molecule is CCS(=O)(=O)Oc1cccc(CN(Cc2ccco2)C(=O)c2ccccc2Cl)c1. The average molecular weight is 434 g/mol. The molecule has 0 aliphatic carbocycles. The van der Waals surface area contributed by atoms with E-state index in [0.717, 1.165) is 0 Å². The van der Waals surface area contributed by atoms with Crippen LogP contribution in [0.3, 0.4) is 0 Å². The lowest BCUT2D eigenvalue weighted by Crippen LogP contribution is -2.30. The Morgan fingerprint density at radius 1 is 1.07 bits per heavy atom. The fourth-order valence-corrected chi connectivity index (χ4v) is 3.45. The van der Waals surface area contributed by atoms with Crippen LogP contribution in [0.1, 0.15) is 28.6 Å². The van der Waals surface area contributed by atoms with Crippen LogP contribution < -0.4 is 4.18 Å². The number of benzene rings is 2. The molecule has 0 N–H and O–H groups in total. The standard InChI is InChI=1S/C21H20ClNO5S/c1-2-29(25,26)28-17-8-5-7-16(13-17)14-23(15-18-9-6-12-27-18)21(24)19-10-3-4-11-20(19)22/h3-13H,2,14-15H2,1H3. The molecule has 1 heterocycles. The molecule has 3 aromatic rings. The highest BCUT2D eigenvalue weighted by molar-refractivity contribution is 7.87. The maximum Gasteiger partial charge on any atom is 0.308 e. The third-order valence-electron chi connectivity index (χ3n) is 4.17. The highest BCUT2D eigenvalue weighted by Crippen LogP contribution is 2.22. The molecule has 8 heteroatoms. The average Bonchev–Trinajstić information content (AvgIpc) is 3.20. The first-order valence-corrected chi connectivity index (χ1v) is 10.9. The van der Waals surface area contributed by atoms with Crippen molar-refractivity contribution in [2.75, 3.05) is 5.75 Å². The Morgan fingerprint density at radius 2 is 1.86 bits per heavy atom. The van der Waals surface area contributed by atoms with Gasteiger partial charge in [-0.05, 0) is 48.9 Å². The van der Waals surface area contributed by atoms with E-state index >= 15 is 0 Å². The molecule has 29 heavy (non-hydrogen) atoms. The molecule has 1 aromatic heterocycles. The van der Waals surface area contributed by atoms with Gasteiger partial charge in [0.25, 0.3) is 5.91 Å². The van der Waals surface area contributed by atoms with Gasteiger partial charge in [-0.2, -0.15) is 8.42 Å². The molecule has 0 spiro atoms. The van der Waals surface area contributed by atoms with Gasteiger partial charge in [0.15, 0.2) is 0 Å². The second-order valence-electron chi connectivity index (χ2n) is 6.30. The lowest BCUT2D eigenvalue weighted by molar-refractivity contribution is 0.0717. The Balaban J connectivity index is 1.87. The van der Waals surface area contributed by atoms with Gasteiger partial charge in [0.1, 0.15) is 11.5 Å². The smallest absolute Gasteiger partial charge is 0.308 e. The molecule has 0 bridgehead atoms. The Labute approximate surface area is 174 Å². The summed E-state index contributed by atoms with van der Waals surface area (Å²) in [5, 5.41) is 0.355. The minimum atomic E-state index is -3.64.